The number of benzene rings is 1. The zero-order valence-corrected chi connectivity index (χ0v) is 12.2. The molecule has 0 N–H and O–H groups in total. The second kappa shape index (κ2) is 4.15. The first-order valence-corrected chi connectivity index (χ1v) is 7.01. The molecular formula is C10H4Br2FN3S. The fourth-order valence-corrected chi connectivity index (χ4v) is 3.08. The number of imidazole rings is 1. The third kappa shape index (κ3) is 2.02. The standard InChI is InChI=1S/C10H4Br2FN3S/c11-5-1-2-7(13)6(3-5)8-4-16-10(14-8)17-9(12)15-16/h1-4H. The number of hydrogen-bond donors (Lipinski definition) is 0. The number of fused-ring (bicyclic) bond motifs is 1. The van der Waals surface area contributed by atoms with Gasteiger partial charge in [-0.05, 0) is 34.1 Å². The van der Waals surface area contributed by atoms with Gasteiger partial charge >= 0.3 is 0 Å². The first-order valence-electron chi connectivity index (χ1n) is 4.60. The normalized spacial score (nSPS) is 11.2. The SMILES string of the molecule is Fc1ccc(Br)cc1-c1cn2nc(Br)sc2n1. The molecule has 0 saturated carbocycles. The Balaban J connectivity index is 2.19. The quantitative estimate of drug-likeness (QED) is 0.639. The summed E-state index contributed by atoms with van der Waals surface area (Å²) in [6.45, 7) is 0. The van der Waals surface area contributed by atoms with Crippen LogP contribution in [0.5, 0.6) is 0 Å². The van der Waals surface area contributed by atoms with Crippen LogP contribution in [0.25, 0.3) is 16.2 Å². The van der Waals surface area contributed by atoms with E-state index < -0.39 is 0 Å². The number of nitrogens with zero attached hydrogens (tertiary/aromatic N) is 3. The van der Waals surface area contributed by atoms with E-state index >= 15 is 0 Å². The fraction of sp³-hybridized carbons (Fsp3) is 0. The maximum atomic E-state index is 13.7. The summed E-state index contributed by atoms with van der Waals surface area (Å²) in [5, 5.41) is 4.17. The first-order chi connectivity index (χ1) is 8.13. The molecule has 7 heteroatoms. The summed E-state index contributed by atoms with van der Waals surface area (Å²) >= 11 is 7.99. The summed E-state index contributed by atoms with van der Waals surface area (Å²) in [6, 6.07) is 4.78. The average molecular weight is 377 g/mol. The first kappa shape index (κ1) is 11.3. The van der Waals surface area contributed by atoms with Crippen molar-refractivity contribution < 1.29 is 4.39 Å². The number of halogens is 3. The van der Waals surface area contributed by atoms with Crippen LogP contribution < -0.4 is 0 Å². The number of rotatable bonds is 1. The lowest BCUT2D eigenvalue weighted by atomic mass is 10.1. The molecule has 0 radical (unpaired) electrons. The van der Waals surface area contributed by atoms with E-state index in [1.807, 2.05) is 0 Å². The predicted octanol–water partition coefficient (Wildman–Crippen LogP) is 4.12. The van der Waals surface area contributed by atoms with Gasteiger partial charge in [0.1, 0.15) is 5.82 Å². The van der Waals surface area contributed by atoms with Crippen LogP contribution >= 0.6 is 43.2 Å². The van der Waals surface area contributed by atoms with Crippen molar-refractivity contribution in [3.05, 3.63) is 38.6 Å². The maximum Gasteiger partial charge on any atom is 0.213 e. The average Bonchev–Trinajstić information content (AvgIpc) is 2.78. The smallest absolute Gasteiger partial charge is 0.213 e. The van der Waals surface area contributed by atoms with Crippen LogP contribution in [0.2, 0.25) is 0 Å². The largest absolute Gasteiger partial charge is 0.217 e. The van der Waals surface area contributed by atoms with Gasteiger partial charge in [-0.25, -0.2) is 13.9 Å². The molecule has 2 heterocycles. The van der Waals surface area contributed by atoms with Crippen molar-refractivity contribution in [2.45, 2.75) is 0 Å². The molecule has 1 aromatic carbocycles. The zero-order chi connectivity index (χ0) is 12.0. The Hall–Kier alpha value is -0.790. The highest BCUT2D eigenvalue weighted by molar-refractivity contribution is 9.11. The molecule has 0 bridgehead atoms. The maximum absolute atomic E-state index is 13.7. The molecule has 0 atom stereocenters. The highest BCUT2D eigenvalue weighted by Crippen LogP contribution is 2.28. The Morgan fingerprint density at radius 1 is 1.29 bits per heavy atom. The molecule has 2 aromatic heterocycles. The van der Waals surface area contributed by atoms with E-state index in [2.05, 4.69) is 41.9 Å². The van der Waals surface area contributed by atoms with Gasteiger partial charge in [-0.15, -0.1) is 5.10 Å². The van der Waals surface area contributed by atoms with Gasteiger partial charge in [0.25, 0.3) is 0 Å². The molecule has 3 nitrogen and oxygen atoms in total. The second-order valence-electron chi connectivity index (χ2n) is 3.33. The zero-order valence-electron chi connectivity index (χ0n) is 8.19. The van der Waals surface area contributed by atoms with Gasteiger partial charge in [-0.2, -0.15) is 0 Å². The molecule has 0 aliphatic carbocycles. The van der Waals surface area contributed by atoms with Gasteiger partial charge in [0.2, 0.25) is 4.96 Å². The van der Waals surface area contributed by atoms with E-state index in [1.165, 1.54) is 17.4 Å². The minimum atomic E-state index is -0.294. The van der Waals surface area contributed by atoms with Crippen LogP contribution in [-0.4, -0.2) is 14.6 Å². The molecule has 3 rings (SSSR count). The summed E-state index contributed by atoms with van der Waals surface area (Å²) in [5.74, 6) is -0.294. The van der Waals surface area contributed by atoms with Crippen LogP contribution in [0, 0.1) is 5.82 Å². The summed E-state index contributed by atoms with van der Waals surface area (Å²) in [5.41, 5.74) is 1.04. The molecule has 0 aliphatic rings. The molecule has 3 aromatic rings. The van der Waals surface area contributed by atoms with Crippen LogP contribution in [0.4, 0.5) is 4.39 Å². The van der Waals surface area contributed by atoms with Crippen LogP contribution in [0.1, 0.15) is 0 Å². The molecule has 0 unspecified atom stereocenters. The van der Waals surface area contributed by atoms with Crippen molar-refractivity contribution in [1.29, 1.82) is 0 Å². The molecule has 0 amide bonds. The fourth-order valence-electron chi connectivity index (χ4n) is 1.50. The molecule has 0 saturated heterocycles. The van der Waals surface area contributed by atoms with E-state index in [0.29, 0.717) is 11.3 Å². The Bertz CT molecular complexity index is 675. The van der Waals surface area contributed by atoms with Crippen molar-refractivity contribution in [3.63, 3.8) is 0 Å². The van der Waals surface area contributed by atoms with Crippen molar-refractivity contribution >= 4 is 48.2 Å². The Kier molecular flexibility index (Phi) is 2.76. The van der Waals surface area contributed by atoms with Crippen LogP contribution in [0.3, 0.4) is 0 Å². The molecule has 86 valence electrons. The van der Waals surface area contributed by atoms with E-state index in [9.17, 15) is 4.39 Å². The van der Waals surface area contributed by atoms with Crippen molar-refractivity contribution in [1.82, 2.24) is 14.6 Å². The highest BCUT2D eigenvalue weighted by Gasteiger charge is 2.12. The topological polar surface area (TPSA) is 30.2 Å². The third-order valence-electron chi connectivity index (χ3n) is 2.22. The summed E-state index contributed by atoms with van der Waals surface area (Å²) < 4.78 is 16.9. The second-order valence-corrected chi connectivity index (χ2v) is 6.48. The lowest BCUT2D eigenvalue weighted by molar-refractivity contribution is 0.630. The highest BCUT2D eigenvalue weighted by atomic mass is 79.9. The molecule has 0 aliphatic heterocycles. The summed E-state index contributed by atoms with van der Waals surface area (Å²) in [6.07, 6.45) is 1.71. The lowest BCUT2D eigenvalue weighted by Crippen LogP contribution is -1.84. The van der Waals surface area contributed by atoms with Gasteiger partial charge in [0, 0.05) is 10.0 Å². The van der Waals surface area contributed by atoms with E-state index in [4.69, 9.17) is 0 Å². The van der Waals surface area contributed by atoms with Crippen molar-refractivity contribution in [2.24, 2.45) is 0 Å². The van der Waals surface area contributed by atoms with Gasteiger partial charge in [-0.3, -0.25) is 0 Å². The van der Waals surface area contributed by atoms with Gasteiger partial charge in [0.15, 0.2) is 3.92 Å². The minimum absolute atomic E-state index is 0.294. The van der Waals surface area contributed by atoms with Crippen LogP contribution in [0.15, 0.2) is 32.8 Å². The van der Waals surface area contributed by atoms with Gasteiger partial charge in [0.05, 0.1) is 11.9 Å². The lowest BCUT2D eigenvalue weighted by Gasteiger charge is -1.99. The van der Waals surface area contributed by atoms with E-state index in [0.717, 1.165) is 13.4 Å². The summed E-state index contributed by atoms with van der Waals surface area (Å²) in [7, 11) is 0. The van der Waals surface area contributed by atoms with Gasteiger partial charge < -0.3 is 0 Å². The monoisotopic (exact) mass is 375 g/mol. The molecule has 0 spiro atoms. The molecule has 0 fully saturated rings. The van der Waals surface area contributed by atoms with Crippen molar-refractivity contribution in [2.75, 3.05) is 0 Å². The number of aromatic nitrogens is 3. The van der Waals surface area contributed by atoms with Crippen molar-refractivity contribution in [3.8, 4) is 11.3 Å². The molecular weight excluding hydrogens is 373 g/mol. The Labute approximate surface area is 117 Å². The van der Waals surface area contributed by atoms with Crippen LogP contribution in [-0.2, 0) is 0 Å². The predicted molar refractivity (Wildman–Crippen MR) is 71.7 cm³/mol. The van der Waals surface area contributed by atoms with E-state index in [1.54, 1.807) is 22.8 Å². The van der Waals surface area contributed by atoms with Gasteiger partial charge in [-0.1, -0.05) is 27.3 Å². The number of hydrogen-bond acceptors (Lipinski definition) is 3. The Morgan fingerprint density at radius 2 is 2.12 bits per heavy atom. The summed E-state index contributed by atoms with van der Waals surface area (Å²) in [4.78, 5) is 5.06. The Morgan fingerprint density at radius 3 is 2.88 bits per heavy atom. The van der Waals surface area contributed by atoms with E-state index in [-0.39, 0.29) is 5.82 Å². The minimum Gasteiger partial charge on any atom is -0.217 e. The molecule has 17 heavy (non-hydrogen) atoms. The third-order valence-corrected chi connectivity index (χ3v) is 4.07.